The highest BCUT2D eigenvalue weighted by atomic mass is 16.5. The van der Waals surface area contributed by atoms with Gasteiger partial charge in [-0.3, -0.25) is 0 Å². The molecule has 1 atom stereocenters. The van der Waals surface area contributed by atoms with Gasteiger partial charge in [0.05, 0.1) is 6.10 Å². The molecule has 1 saturated carbocycles. The molecule has 1 aliphatic carbocycles. The zero-order valence-electron chi connectivity index (χ0n) is 11.5. The molecule has 1 N–H and O–H groups in total. The van der Waals surface area contributed by atoms with E-state index in [1.54, 1.807) is 0 Å². The molecule has 0 spiro atoms. The minimum absolute atomic E-state index is 0.558. The summed E-state index contributed by atoms with van der Waals surface area (Å²) in [7, 11) is 4.29. The van der Waals surface area contributed by atoms with Crippen LogP contribution in [0.15, 0.2) is 0 Å². The first-order chi connectivity index (χ1) is 8.29. The Labute approximate surface area is 106 Å². The normalized spacial score (nSPS) is 34.6. The van der Waals surface area contributed by atoms with Gasteiger partial charge in [-0.1, -0.05) is 6.42 Å². The lowest BCUT2D eigenvalue weighted by molar-refractivity contribution is -0.0373. The first-order valence-electron chi connectivity index (χ1n) is 7.26. The summed E-state index contributed by atoms with van der Waals surface area (Å²) >= 11 is 0. The Morgan fingerprint density at radius 2 is 2.12 bits per heavy atom. The van der Waals surface area contributed by atoms with Crippen molar-refractivity contribution in [2.75, 3.05) is 33.8 Å². The lowest BCUT2D eigenvalue weighted by Gasteiger charge is -2.36. The van der Waals surface area contributed by atoms with Crippen molar-refractivity contribution in [2.24, 2.45) is 5.92 Å². The number of likely N-dealkylation sites (tertiary alicyclic amines) is 1. The smallest absolute Gasteiger partial charge is 0.0581 e. The van der Waals surface area contributed by atoms with Gasteiger partial charge >= 0.3 is 0 Å². The molecule has 1 saturated heterocycles. The second-order valence-corrected chi connectivity index (χ2v) is 5.81. The van der Waals surface area contributed by atoms with Crippen LogP contribution in [0.3, 0.4) is 0 Å². The third-order valence-corrected chi connectivity index (χ3v) is 4.41. The minimum atomic E-state index is 0.558. The van der Waals surface area contributed by atoms with E-state index in [0.29, 0.717) is 6.10 Å². The minimum Gasteiger partial charge on any atom is -0.378 e. The van der Waals surface area contributed by atoms with Crippen molar-refractivity contribution < 1.29 is 4.74 Å². The van der Waals surface area contributed by atoms with E-state index in [1.165, 1.54) is 45.1 Å². The lowest BCUT2D eigenvalue weighted by atomic mass is 9.82. The molecule has 1 heterocycles. The van der Waals surface area contributed by atoms with Gasteiger partial charge in [-0.25, -0.2) is 0 Å². The van der Waals surface area contributed by atoms with Crippen molar-refractivity contribution in [1.29, 1.82) is 0 Å². The van der Waals surface area contributed by atoms with E-state index in [2.05, 4.69) is 17.3 Å². The highest BCUT2D eigenvalue weighted by Gasteiger charge is 2.29. The Kier molecular flexibility index (Phi) is 5.26. The van der Waals surface area contributed by atoms with Crippen LogP contribution in [0.25, 0.3) is 0 Å². The number of hydrogen-bond acceptors (Lipinski definition) is 3. The molecule has 2 fully saturated rings. The van der Waals surface area contributed by atoms with Crippen LogP contribution in [0.1, 0.15) is 38.5 Å². The third-order valence-electron chi connectivity index (χ3n) is 4.41. The zero-order valence-corrected chi connectivity index (χ0v) is 11.5. The molecule has 2 aliphatic rings. The summed E-state index contributed by atoms with van der Waals surface area (Å²) in [6, 6.07) is 0.775. The van der Waals surface area contributed by atoms with Gasteiger partial charge in [-0.15, -0.1) is 0 Å². The fraction of sp³-hybridized carbons (Fsp3) is 1.00. The molecule has 100 valence electrons. The molecule has 0 aromatic rings. The van der Waals surface area contributed by atoms with Crippen molar-refractivity contribution >= 4 is 0 Å². The molecule has 3 heteroatoms. The Morgan fingerprint density at radius 3 is 2.82 bits per heavy atom. The van der Waals surface area contributed by atoms with Gasteiger partial charge in [0.15, 0.2) is 0 Å². The fourth-order valence-corrected chi connectivity index (χ4v) is 3.15. The molecule has 3 nitrogen and oxygen atoms in total. The third kappa shape index (κ3) is 3.94. The Hall–Kier alpha value is -0.120. The van der Waals surface area contributed by atoms with E-state index in [9.17, 15) is 0 Å². The number of nitrogens with zero attached hydrogens (tertiary/aromatic N) is 1. The maximum atomic E-state index is 5.95. The lowest BCUT2D eigenvalue weighted by Crippen LogP contribution is -2.39. The highest BCUT2D eigenvalue weighted by Crippen LogP contribution is 2.29. The molecule has 0 amide bonds. The average molecular weight is 240 g/mol. The summed E-state index contributed by atoms with van der Waals surface area (Å²) in [5, 5.41) is 3.24. The van der Waals surface area contributed by atoms with Crippen LogP contribution >= 0.6 is 0 Å². The summed E-state index contributed by atoms with van der Waals surface area (Å²) in [6.45, 7) is 3.40. The van der Waals surface area contributed by atoms with Crippen LogP contribution in [0, 0.1) is 5.92 Å². The van der Waals surface area contributed by atoms with E-state index in [4.69, 9.17) is 4.74 Å². The van der Waals surface area contributed by atoms with Crippen molar-refractivity contribution in [1.82, 2.24) is 10.2 Å². The van der Waals surface area contributed by atoms with Crippen LogP contribution in [-0.4, -0.2) is 50.8 Å². The predicted octanol–water partition coefficient (Wildman–Crippen LogP) is 1.88. The monoisotopic (exact) mass is 240 g/mol. The largest absolute Gasteiger partial charge is 0.378 e. The Bertz CT molecular complexity index is 216. The Balaban J connectivity index is 1.52. The number of ether oxygens (including phenoxy) is 1. The predicted molar refractivity (Wildman–Crippen MR) is 71.3 cm³/mol. The van der Waals surface area contributed by atoms with Gasteiger partial charge in [0.2, 0.25) is 0 Å². The first kappa shape index (κ1) is 13.3. The molecular formula is C14H28N2O. The van der Waals surface area contributed by atoms with Gasteiger partial charge in [-0.2, -0.15) is 0 Å². The second-order valence-electron chi connectivity index (χ2n) is 5.81. The van der Waals surface area contributed by atoms with Gasteiger partial charge in [0, 0.05) is 12.6 Å². The summed E-state index contributed by atoms with van der Waals surface area (Å²) in [4.78, 5) is 2.51. The van der Waals surface area contributed by atoms with Crippen LogP contribution < -0.4 is 5.32 Å². The van der Waals surface area contributed by atoms with Gasteiger partial charge in [0.25, 0.3) is 0 Å². The summed E-state index contributed by atoms with van der Waals surface area (Å²) in [5.74, 6) is 0.863. The van der Waals surface area contributed by atoms with Gasteiger partial charge in [-0.05, 0) is 65.2 Å². The summed E-state index contributed by atoms with van der Waals surface area (Å²) < 4.78 is 5.95. The number of piperidine rings is 1. The molecule has 0 bridgehead atoms. The topological polar surface area (TPSA) is 24.5 Å². The molecule has 17 heavy (non-hydrogen) atoms. The quantitative estimate of drug-likeness (QED) is 0.767. The van der Waals surface area contributed by atoms with E-state index >= 15 is 0 Å². The second kappa shape index (κ2) is 6.72. The first-order valence-corrected chi connectivity index (χ1v) is 7.26. The van der Waals surface area contributed by atoms with Crippen molar-refractivity contribution in [3.05, 3.63) is 0 Å². The molecule has 0 aromatic carbocycles. The number of nitrogens with one attached hydrogen (secondary N) is 1. The maximum Gasteiger partial charge on any atom is 0.0581 e. The molecule has 0 aromatic heterocycles. The van der Waals surface area contributed by atoms with Crippen LogP contribution in [-0.2, 0) is 4.74 Å². The number of hydrogen-bond donors (Lipinski definition) is 1. The van der Waals surface area contributed by atoms with Crippen LogP contribution in [0.4, 0.5) is 0 Å². The van der Waals surface area contributed by atoms with Gasteiger partial charge < -0.3 is 15.0 Å². The van der Waals surface area contributed by atoms with Crippen LogP contribution in [0.5, 0.6) is 0 Å². The Morgan fingerprint density at radius 1 is 1.29 bits per heavy atom. The van der Waals surface area contributed by atoms with Gasteiger partial charge in [0.1, 0.15) is 0 Å². The van der Waals surface area contributed by atoms with Crippen molar-refractivity contribution in [2.45, 2.75) is 50.7 Å². The van der Waals surface area contributed by atoms with Crippen LogP contribution in [0.2, 0.25) is 0 Å². The SMILES string of the molecule is CNCC1CC(OCCC2CCCCN2C)C1. The summed E-state index contributed by atoms with van der Waals surface area (Å²) in [6.07, 6.45) is 8.46. The van der Waals surface area contributed by atoms with Crippen molar-refractivity contribution in [3.8, 4) is 0 Å². The molecular weight excluding hydrogens is 212 g/mol. The van der Waals surface area contributed by atoms with E-state index in [1.807, 2.05) is 7.05 Å². The van der Waals surface area contributed by atoms with E-state index in [-0.39, 0.29) is 0 Å². The fourth-order valence-electron chi connectivity index (χ4n) is 3.15. The number of rotatable bonds is 6. The highest BCUT2D eigenvalue weighted by molar-refractivity contribution is 4.82. The zero-order chi connectivity index (χ0) is 12.1. The van der Waals surface area contributed by atoms with E-state index < -0.39 is 0 Å². The standard InChI is InChI=1S/C14H28N2O/c1-15-11-12-9-14(10-12)17-8-6-13-5-3-4-7-16(13)2/h12-15H,3-11H2,1-2H3. The summed E-state index contributed by atoms with van der Waals surface area (Å²) in [5.41, 5.74) is 0. The molecule has 1 aliphatic heterocycles. The molecule has 1 unspecified atom stereocenters. The molecule has 0 radical (unpaired) electrons. The molecule has 2 rings (SSSR count). The van der Waals surface area contributed by atoms with E-state index in [0.717, 1.165) is 25.1 Å². The average Bonchev–Trinajstić information content (AvgIpc) is 2.28. The maximum absolute atomic E-state index is 5.95. The van der Waals surface area contributed by atoms with Crippen molar-refractivity contribution in [3.63, 3.8) is 0 Å².